The van der Waals surface area contributed by atoms with E-state index in [1.54, 1.807) is 0 Å². The van der Waals surface area contributed by atoms with Gasteiger partial charge in [0.05, 0.1) is 33.8 Å². The summed E-state index contributed by atoms with van der Waals surface area (Å²) in [5.41, 5.74) is 0. The summed E-state index contributed by atoms with van der Waals surface area (Å²) in [6.45, 7) is 6.81. The monoisotopic (exact) mass is 1050 g/mol. The van der Waals surface area contributed by atoms with Gasteiger partial charge in [0.15, 0.2) is 0 Å². The minimum atomic E-state index is -4.46. The Hall–Kier alpha value is -3.07. The summed E-state index contributed by atoms with van der Waals surface area (Å²) in [5, 5.41) is 3.04. The lowest BCUT2D eigenvalue weighted by Crippen LogP contribution is -2.47. The molecule has 10 heteroatoms. The second-order valence-electron chi connectivity index (χ2n) is 21.2. The smallest absolute Gasteiger partial charge is 0.456 e. The maximum absolute atomic E-state index is 13.5. The third-order valence-electron chi connectivity index (χ3n) is 12.8. The first-order valence-electron chi connectivity index (χ1n) is 30.1. The van der Waals surface area contributed by atoms with Crippen LogP contribution < -0.4 is 5.32 Å². The third kappa shape index (κ3) is 53.7. The number of unbranched alkanes of at least 4 members (excludes halogenated alkanes) is 25. The fraction of sp³-hybridized carbons (Fsp3) is 0.719. The second kappa shape index (κ2) is 53.3. The van der Waals surface area contributed by atoms with Gasteiger partial charge < -0.3 is 19.4 Å². The van der Waals surface area contributed by atoms with Gasteiger partial charge in [-0.3, -0.25) is 18.6 Å². The van der Waals surface area contributed by atoms with Crippen LogP contribution in [-0.2, 0) is 27.9 Å². The Morgan fingerprint density at radius 2 is 0.919 bits per heavy atom. The van der Waals surface area contributed by atoms with Crippen LogP contribution in [0, 0.1) is 0 Å². The summed E-state index contributed by atoms with van der Waals surface area (Å²) in [7, 11) is 1.46. The van der Waals surface area contributed by atoms with E-state index in [9.17, 15) is 19.0 Å². The minimum absolute atomic E-state index is 0.0296. The molecule has 74 heavy (non-hydrogen) atoms. The number of phosphoric acid groups is 1. The van der Waals surface area contributed by atoms with Crippen molar-refractivity contribution in [2.24, 2.45) is 0 Å². The van der Waals surface area contributed by atoms with Crippen molar-refractivity contribution in [3.8, 4) is 0 Å². The number of phosphoric ester groups is 1. The summed E-state index contributed by atoms with van der Waals surface area (Å²) in [4.78, 5) is 37.6. The number of allylic oxidation sites excluding steroid dienone is 15. The third-order valence-corrected chi connectivity index (χ3v) is 13.8. The Morgan fingerprint density at radius 1 is 0.500 bits per heavy atom. The highest BCUT2D eigenvalue weighted by Crippen LogP contribution is 2.43. The highest BCUT2D eigenvalue weighted by atomic mass is 31.2. The van der Waals surface area contributed by atoms with Crippen LogP contribution in [0.5, 0.6) is 0 Å². The van der Waals surface area contributed by atoms with Gasteiger partial charge in [0.2, 0.25) is 5.91 Å². The van der Waals surface area contributed by atoms with Crippen molar-refractivity contribution in [2.75, 3.05) is 40.9 Å². The minimum Gasteiger partial charge on any atom is -0.456 e. The molecule has 0 saturated carbocycles. The van der Waals surface area contributed by atoms with Crippen molar-refractivity contribution in [2.45, 2.75) is 258 Å². The predicted molar refractivity (Wildman–Crippen MR) is 318 cm³/mol. The summed E-state index contributed by atoms with van der Waals surface area (Å²) in [6.07, 6.45) is 71.2. The number of ether oxygens (including phenoxy) is 1. The summed E-state index contributed by atoms with van der Waals surface area (Å²) >= 11 is 0. The largest absolute Gasteiger partial charge is 0.472 e. The van der Waals surface area contributed by atoms with Crippen molar-refractivity contribution >= 4 is 19.7 Å². The molecule has 0 radical (unpaired) electrons. The first-order valence-corrected chi connectivity index (χ1v) is 31.6. The molecule has 0 aromatic rings. The fourth-order valence-corrected chi connectivity index (χ4v) is 8.89. The Balaban J connectivity index is 5.26. The molecule has 0 bridgehead atoms. The molecule has 9 nitrogen and oxygen atoms in total. The van der Waals surface area contributed by atoms with Gasteiger partial charge in [0, 0.05) is 12.8 Å². The van der Waals surface area contributed by atoms with E-state index in [1.165, 1.54) is 96.3 Å². The van der Waals surface area contributed by atoms with Crippen LogP contribution in [-0.4, -0.2) is 74.3 Å². The maximum Gasteiger partial charge on any atom is 0.472 e. The van der Waals surface area contributed by atoms with Crippen molar-refractivity contribution in [1.29, 1.82) is 0 Å². The first kappa shape index (κ1) is 70.9. The Morgan fingerprint density at radius 3 is 1.43 bits per heavy atom. The van der Waals surface area contributed by atoms with Crippen LogP contribution in [0.4, 0.5) is 0 Å². The number of quaternary nitrogens is 1. The molecule has 1 amide bonds. The summed E-state index contributed by atoms with van der Waals surface area (Å²) < 4.78 is 30.6. The van der Waals surface area contributed by atoms with Crippen LogP contribution in [0.15, 0.2) is 97.2 Å². The number of hydrogen-bond donors (Lipinski definition) is 2. The molecule has 3 unspecified atom stereocenters. The van der Waals surface area contributed by atoms with Crippen molar-refractivity contribution < 1.29 is 37.3 Å². The van der Waals surface area contributed by atoms with Gasteiger partial charge in [0.25, 0.3) is 0 Å². The second-order valence-corrected chi connectivity index (χ2v) is 22.7. The molecule has 0 spiro atoms. The van der Waals surface area contributed by atoms with Crippen molar-refractivity contribution in [3.63, 3.8) is 0 Å². The maximum atomic E-state index is 13.5. The first-order chi connectivity index (χ1) is 35.9. The SMILES string of the molecule is CC/C=C/C=C/C=C\CCCCCCCC(=O)OC(/C=C\CCCCCCCCCCCC)C(COP(=O)(O)OCC[N+](C)(C)C)NC(=O)CCCCCCCCC/C=C\C/C=C\C/C=C\C/C=C\CCCCC. The lowest BCUT2D eigenvalue weighted by Gasteiger charge is -2.27. The molecule has 0 fully saturated rings. The zero-order valence-electron chi connectivity index (χ0n) is 48.6. The quantitative estimate of drug-likeness (QED) is 0.0156. The highest BCUT2D eigenvalue weighted by molar-refractivity contribution is 7.47. The van der Waals surface area contributed by atoms with Gasteiger partial charge in [-0.1, -0.05) is 234 Å². The van der Waals surface area contributed by atoms with Crippen LogP contribution in [0.3, 0.4) is 0 Å². The van der Waals surface area contributed by atoms with Gasteiger partial charge in [-0.15, -0.1) is 0 Å². The average Bonchev–Trinajstić information content (AvgIpc) is 3.36. The number of nitrogens with one attached hydrogen (secondary N) is 1. The molecular formula is C64H114N2O7P+. The van der Waals surface area contributed by atoms with Crippen molar-refractivity contribution in [1.82, 2.24) is 5.32 Å². The van der Waals surface area contributed by atoms with Crippen LogP contribution in [0.2, 0.25) is 0 Å². The number of esters is 1. The van der Waals surface area contributed by atoms with E-state index in [2.05, 4.69) is 111 Å². The number of likely N-dealkylation sites (N-methyl/N-ethyl adjacent to an activating group) is 1. The Kier molecular flexibility index (Phi) is 51.1. The van der Waals surface area contributed by atoms with E-state index in [1.807, 2.05) is 33.3 Å². The molecule has 0 heterocycles. The van der Waals surface area contributed by atoms with E-state index < -0.39 is 20.0 Å². The number of carbonyl (C=O) groups is 2. The fourth-order valence-electron chi connectivity index (χ4n) is 8.16. The lowest BCUT2D eigenvalue weighted by molar-refractivity contribution is -0.870. The highest BCUT2D eigenvalue weighted by Gasteiger charge is 2.30. The van der Waals surface area contributed by atoms with Crippen LogP contribution >= 0.6 is 7.82 Å². The molecule has 0 aromatic heterocycles. The number of carbonyl (C=O) groups excluding carboxylic acids is 2. The number of nitrogens with zero attached hydrogens (tertiary/aromatic N) is 1. The molecular weight excluding hydrogens is 940 g/mol. The molecule has 3 atom stereocenters. The van der Waals surface area contributed by atoms with E-state index in [4.69, 9.17) is 13.8 Å². The van der Waals surface area contributed by atoms with E-state index in [-0.39, 0.29) is 31.5 Å². The predicted octanol–water partition coefficient (Wildman–Crippen LogP) is 18.4. The molecule has 0 aliphatic heterocycles. The molecule has 0 rings (SSSR count). The zero-order valence-corrected chi connectivity index (χ0v) is 49.4. The number of amides is 1. The van der Waals surface area contributed by atoms with E-state index in [0.29, 0.717) is 23.9 Å². The molecule has 2 N–H and O–H groups in total. The van der Waals surface area contributed by atoms with Gasteiger partial charge in [0.1, 0.15) is 19.3 Å². The van der Waals surface area contributed by atoms with Gasteiger partial charge >= 0.3 is 13.8 Å². The van der Waals surface area contributed by atoms with Crippen LogP contribution in [0.1, 0.15) is 245 Å². The standard InChI is InChI=1S/C64H113N2O7P/c1-7-10-13-16-19-22-25-28-29-30-31-32-33-34-35-36-37-39-41-44-47-50-53-56-63(67)65-61(60-72-74(69,70)71-59-58-66(4,5)6)62(55-52-49-46-43-40-27-24-21-18-15-12-9-3)73-64(68)57-54-51-48-45-42-38-26-23-20-17-14-11-8-2/h11,14,17,19-20,22-23,26,28-29,31-32,34-35,52,55,61-62H,7-10,12-13,15-16,18,21,24-25,27,30,33,36-51,53-54,56-60H2,1-6H3,(H-,65,67,69,70)/p+1/b14-11+,20-17+,22-19-,26-23-,29-28-,32-31-,35-34-,55-52-. The summed E-state index contributed by atoms with van der Waals surface area (Å²) in [5.74, 6) is -0.546. The van der Waals surface area contributed by atoms with Gasteiger partial charge in [-0.05, 0) is 96.0 Å². The van der Waals surface area contributed by atoms with Crippen LogP contribution in [0.25, 0.3) is 0 Å². The van der Waals surface area contributed by atoms with E-state index in [0.717, 1.165) is 109 Å². The molecule has 426 valence electrons. The summed E-state index contributed by atoms with van der Waals surface area (Å²) in [6, 6.07) is -0.868. The Bertz CT molecular complexity index is 1590. The zero-order chi connectivity index (χ0) is 54.3. The lowest BCUT2D eigenvalue weighted by atomic mass is 10.0. The molecule has 0 aliphatic carbocycles. The van der Waals surface area contributed by atoms with Gasteiger partial charge in [-0.2, -0.15) is 0 Å². The normalized spacial score (nSPS) is 14.4. The van der Waals surface area contributed by atoms with E-state index >= 15 is 0 Å². The molecule has 0 aliphatic rings. The molecule has 0 saturated heterocycles. The topological polar surface area (TPSA) is 111 Å². The van der Waals surface area contributed by atoms with Crippen molar-refractivity contribution in [3.05, 3.63) is 97.2 Å². The average molecular weight is 1050 g/mol. The molecule has 0 aromatic carbocycles. The number of hydrogen-bond acceptors (Lipinski definition) is 6. The Labute approximate surface area is 456 Å². The van der Waals surface area contributed by atoms with Gasteiger partial charge in [-0.25, -0.2) is 4.57 Å². The number of rotatable bonds is 53.